The number of pyridine rings is 1. The van der Waals surface area contributed by atoms with E-state index in [0.29, 0.717) is 5.56 Å². The molecule has 1 fully saturated rings. The average molecular weight is 289 g/mol. The smallest absolute Gasteiger partial charge is 0.251 e. The number of nitrogens with zero attached hydrogens (tertiary/aromatic N) is 1. The molecule has 1 aromatic heterocycles. The number of nitrogens with one attached hydrogen (secondary N) is 2. The zero-order valence-corrected chi connectivity index (χ0v) is 14.0. The van der Waals surface area contributed by atoms with E-state index in [-0.39, 0.29) is 22.8 Å². The van der Waals surface area contributed by atoms with E-state index in [1.807, 2.05) is 26.0 Å². The molecule has 0 aliphatic heterocycles. The van der Waals surface area contributed by atoms with E-state index in [2.05, 4.69) is 43.3 Å². The van der Waals surface area contributed by atoms with Gasteiger partial charge in [-0.2, -0.15) is 0 Å². The van der Waals surface area contributed by atoms with Gasteiger partial charge in [-0.15, -0.1) is 0 Å². The maximum Gasteiger partial charge on any atom is 0.251 e. The zero-order chi connectivity index (χ0) is 15.8. The summed E-state index contributed by atoms with van der Waals surface area (Å²) in [6, 6.07) is 3.94. The molecule has 0 atom stereocenters. The molecule has 116 valence electrons. The first kappa shape index (κ1) is 15.8. The number of amides is 1. The van der Waals surface area contributed by atoms with Gasteiger partial charge in [-0.3, -0.25) is 4.79 Å². The van der Waals surface area contributed by atoms with Crippen LogP contribution < -0.4 is 10.6 Å². The van der Waals surface area contributed by atoms with Crippen LogP contribution in [0.3, 0.4) is 0 Å². The Hall–Kier alpha value is -1.58. The van der Waals surface area contributed by atoms with Crippen molar-refractivity contribution in [2.45, 2.75) is 54.0 Å². The van der Waals surface area contributed by atoms with Gasteiger partial charge >= 0.3 is 0 Å². The van der Waals surface area contributed by atoms with Crippen molar-refractivity contribution in [3.05, 3.63) is 23.4 Å². The van der Waals surface area contributed by atoms with Crippen LogP contribution in [0, 0.1) is 10.8 Å². The molecular weight excluding hydrogens is 262 g/mol. The Morgan fingerprint density at radius 3 is 2.29 bits per heavy atom. The lowest BCUT2D eigenvalue weighted by atomic mass is 10.0. The van der Waals surface area contributed by atoms with Crippen molar-refractivity contribution in [3.8, 4) is 0 Å². The van der Waals surface area contributed by atoms with E-state index in [1.165, 1.54) is 0 Å². The molecule has 1 aliphatic rings. The fourth-order valence-electron chi connectivity index (χ4n) is 2.94. The van der Waals surface area contributed by atoms with Crippen molar-refractivity contribution in [1.82, 2.24) is 10.3 Å². The molecule has 1 aliphatic carbocycles. The summed E-state index contributed by atoms with van der Waals surface area (Å²) in [5.74, 6) is 0.770. The lowest BCUT2D eigenvalue weighted by Crippen LogP contribution is -2.30. The summed E-state index contributed by atoms with van der Waals surface area (Å²) in [6.07, 6.45) is 0.819. The van der Waals surface area contributed by atoms with Crippen molar-refractivity contribution >= 4 is 11.7 Å². The highest BCUT2D eigenvalue weighted by molar-refractivity contribution is 5.95. The van der Waals surface area contributed by atoms with Gasteiger partial charge < -0.3 is 10.6 Å². The molecule has 0 unspecified atom stereocenters. The van der Waals surface area contributed by atoms with Gasteiger partial charge in [0.05, 0.1) is 0 Å². The van der Waals surface area contributed by atoms with E-state index < -0.39 is 0 Å². The average Bonchev–Trinajstić information content (AvgIpc) is 2.81. The summed E-state index contributed by atoms with van der Waals surface area (Å²) in [5, 5.41) is 6.36. The number of rotatable bonds is 5. The van der Waals surface area contributed by atoms with Crippen molar-refractivity contribution in [3.63, 3.8) is 0 Å². The maximum absolute atomic E-state index is 12.5. The second kappa shape index (κ2) is 5.32. The van der Waals surface area contributed by atoms with Gasteiger partial charge in [-0.05, 0) is 36.3 Å². The molecule has 0 saturated heterocycles. The van der Waals surface area contributed by atoms with Crippen LogP contribution in [-0.4, -0.2) is 23.5 Å². The maximum atomic E-state index is 12.5. The van der Waals surface area contributed by atoms with Gasteiger partial charge in [-0.1, -0.05) is 34.6 Å². The van der Waals surface area contributed by atoms with E-state index in [4.69, 9.17) is 0 Å². The lowest BCUT2D eigenvalue weighted by Gasteiger charge is -2.10. The Morgan fingerprint density at radius 1 is 1.19 bits per heavy atom. The quantitative estimate of drug-likeness (QED) is 0.875. The highest BCUT2D eigenvalue weighted by Crippen LogP contribution is 2.62. The van der Waals surface area contributed by atoms with Gasteiger partial charge in [-0.25, -0.2) is 4.98 Å². The largest absolute Gasteiger partial charge is 0.370 e. The van der Waals surface area contributed by atoms with Crippen LogP contribution in [0.25, 0.3) is 0 Å². The van der Waals surface area contributed by atoms with E-state index in [0.717, 1.165) is 24.5 Å². The van der Waals surface area contributed by atoms with Crippen LogP contribution >= 0.6 is 0 Å². The number of aryl methyl sites for hydroxylation is 1. The molecule has 4 nitrogen and oxygen atoms in total. The van der Waals surface area contributed by atoms with Crippen LogP contribution in [0.4, 0.5) is 5.82 Å². The first-order valence-electron chi connectivity index (χ1n) is 7.79. The van der Waals surface area contributed by atoms with Gasteiger partial charge in [0, 0.05) is 23.8 Å². The third kappa shape index (κ3) is 2.76. The Bertz CT molecular complexity index is 535. The highest BCUT2D eigenvalue weighted by Gasteiger charge is 2.65. The minimum atomic E-state index is -0.00472. The minimum Gasteiger partial charge on any atom is -0.370 e. The number of carbonyl (C=O) groups excluding carboxylic acids is 1. The molecule has 0 bridgehead atoms. The number of carbonyl (C=O) groups is 1. The van der Waals surface area contributed by atoms with Crippen LogP contribution in [-0.2, 0) is 6.42 Å². The van der Waals surface area contributed by atoms with Crippen LogP contribution in [0.15, 0.2) is 12.1 Å². The summed E-state index contributed by atoms with van der Waals surface area (Å²) in [5.41, 5.74) is 1.92. The molecule has 21 heavy (non-hydrogen) atoms. The molecule has 0 spiro atoms. The molecule has 2 rings (SSSR count). The lowest BCUT2D eigenvalue weighted by molar-refractivity contribution is 0.0943. The van der Waals surface area contributed by atoms with Crippen molar-refractivity contribution in [2.24, 2.45) is 10.8 Å². The first-order chi connectivity index (χ1) is 9.73. The first-order valence-corrected chi connectivity index (χ1v) is 7.79. The third-order valence-electron chi connectivity index (χ3n) is 5.16. The van der Waals surface area contributed by atoms with E-state index in [1.54, 1.807) is 0 Å². The predicted molar refractivity (Wildman–Crippen MR) is 86.6 cm³/mol. The van der Waals surface area contributed by atoms with Crippen LogP contribution in [0.2, 0.25) is 0 Å². The minimum absolute atomic E-state index is 0.00472. The molecule has 4 heteroatoms. The molecular formula is C17H27N3O. The molecule has 2 N–H and O–H groups in total. The summed E-state index contributed by atoms with van der Waals surface area (Å²) in [4.78, 5) is 17.0. The standard InChI is InChI=1S/C17H27N3O/c1-7-12-9-11(10-13(19-12)18-8-2)14(21)20-15-16(3,4)17(15,5)6/h9-10,15H,7-8H2,1-6H3,(H,18,19)(H,20,21). The Balaban J connectivity index is 2.18. The normalized spacial score (nSPS) is 19.1. The van der Waals surface area contributed by atoms with Crippen LogP contribution in [0.5, 0.6) is 0 Å². The zero-order valence-electron chi connectivity index (χ0n) is 14.0. The molecule has 1 amide bonds. The summed E-state index contributed by atoms with van der Waals surface area (Å²) in [6.45, 7) is 13.7. The van der Waals surface area contributed by atoms with Gasteiger partial charge in [0.1, 0.15) is 5.82 Å². The fraction of sp³-hybridized carbons (Fsp3) is 0.647. The van der Waals surface area contributed by atoms with Gasteiger partial charge in [0.25, 0.3) is 5.91 Å². The van der Waals surface area contributed by atoms with Crippen molar-refractivity contribution in [2.75, 3.05) is 11.9 Å². The SMILES string of the molecule is CCNc1cc(C(=O)NC2C(C)(C)C2(C)C)cc(CC)n1. The molecule has 1 saturated carbocycles. The summed E-state index contributed by atoms with van der Waals surface area (Å²) < 4.78 is 0. The van der Waals surface area contributed by atoms with E-state index in [9.17, 15) is 4.79 Å². The Kier molecular flexibility index (Phi) is 4.00. The number of hydrogen-bond acceptors (Lipinski definition) is 3. The molecule has 0 aromatic carbocycles. The van der Waals surface area contributed by atoms with Crippen molar-refractivity contribution in [1.29, 1.82) is 0 Å². The van der Waals surface area contributed by atoms with Gasteiger partial charge in [0.2, 0.25) is 0 Å². The monoisotopic (exact) mass is 289 g/mol. The van der Waals surface area contributed by atoms with Gasteiger partial charge in [0.15, 0.2) is 0 Å². The van der Waals surface area contributed by atoms with E-state index >= 15 is 0 Å². The number of hydrogen-bond donors (Lipinski definition) is 2. The molecule has 0 radical (unpaired) electrons. The number of aromatic nitrogens is 1. The summed E-state index contributed by atoms with van der Waals surface area (Å²) >= 11 is 0. The summed E-state index contributed by atoms with van der Waals surface area (Å²) in [7, 11) is 0. The molecule has 1 heterocycles. The molecule has 1 aromatic rings. The third-order valence-corrected chi connectivity index (χ3v) is 5.16. The second-order valence-corrected chi connectivity index (χ2v) is 6.97. The Labute approximate surface area is 127 Å². The topological polar surface area (TPSA) is 54.0 Å². The number of anilines is 1. The fourth-order valence-corrected chi connectivity index (χ4v) is 2.94. The van der Waals surface area contributed by atoms with Crippen LogP contribution in [0.1, 0.15) is 57.6 Å². The second-order valence-electron chi connectivity index (χ2n) is 6.97. The highest BCUT2D eigenvalue weighted by atomic mass is 16.1. The Morgan fingerprint density at radius 2 is 1.81 bits per heavy atom. The van der Waals surface area contributed by atoms with Crippen molar-refractivity contribution < 1.29 is 4.79 Å². The predicted octanol–water partition coefficient (Wildman–Crippen LogP) is 3.24.